The van der Waals surface area contributed by atoms with E-state index in [4.69, 9.17) is 28.2 Å². The van der Waals surface area contributed by atoms with Crippen LogP contribution in [0.5, 0.6) is 0 Å². The Morgan fingerprint density at radius 3 is 2.29 bits per heavy atom. The Balaban J connectivity index is 1.71. The van der Waals surface area contributed by atoms with Gasteiger partial charge in [0.05, 0.1) is 15.6 Å². The second kappa shape index (κ2) is 9.22. The highest BCUT2D eigenvalue weighted by molar-refractivity contribution is 9.10. The van der Waals surface area contributed by atoms with Crippen molar-refractivity contribution in [2.24, 2.45) is 0 Å². The molecule has 0 bridgehead atoms. The molecule has 0 aliphatic heterocycles. The monoisotopic (exact) mass is 515 g/mol. The van der Waals surface area contributed by atoms with Gasteiger partial charge >= 0.3 is 0 Å². The number of imidazole rings is 1. The Kier molecular flexibility index (Phi) is 6.41. The molecule has 0 radical (unpaired) electrons. The maximum Gasteiger partial charge on any atom is 0.269 e. The van der Waals surface area contributed by atoms with Crippen LogP contribution in [-0.2, 0) is 13.0 Å². The van der Waals surface area contributed by atoms with Crippen LogP contribution in [0.25, 0.3) is 11.3 Å². The lowest BCUT2D eigenvalue weighted by Gasteiger charge is -2.08. The molecule has 0 aliphatic carbocycles. The molecule has 0 saturated heterocycles. The van der Waals surface area contributed by atoms with Gasteiger partial charge in [-0.25, -0.2) is 4.98 Å². The second-order valence-corrected chi connectivity index (χ2v) is 8.78. The van der Waals surface area contributed by atoms with Crippen molar-refractivity contribution >= 4 is 44.8 Å². The highest BCUT2D eigenvalue weighted by Gasteiger charge is 2.14. The zero-order chi connectivity index (χ0) is 22.0. The van der Waals surface area contributed by atoms with Gasteiger partial charge < -0.3 is 4.57 Å². The largest absolute Gasteiger partial charge is 0.330 e. The van der Waals surface area contributed by atoms with Crippen LogP contribution in [0.4, 0.5) is 5.69 Å². The lowest BCUT2D eigenvalue weighted by molar-refractivity contribution is -0.384. The molecular formula is C23H16BrCl2N3O2. The molecule has 0 atom stereocenters. The van der Waals surface area contributed by atoms with Crippen molar-refractivity contribution in [3.8, 4) is 11.3 Å². The Labute approximate surface area is 197 Å². The Bertz CT molecular complexity index is 1240. The molecule has 31 heavy (non-hydrogen) atoms. The summed E-state index contributed by atoms with van der Waals surface area (Å²) in [6.45, 7) is 0.530. The predicted octanol–water partition coefficient (Wildman–Crippen LogP) is 7.17. The van der Waals surface area contributed by atoms with Gasteiger partial charge in [-0.2, -0.15) is 0 Å². The van der Waals surface area contributed by atoms with Crippen molar-refractivity contribution in [2.45, 2.75) is 13.0 Å². The third-order valence-electron chi connectivity index (χ3n) is 4.84. The van der Waals surface area contributed by atoms with E-state index in [0.29, 0.717) is 23.0 Å². The zero-order valence-corrected chi connectivity index (χ0v) is 19.2. The van der Waals surface area contributed by atoms with E-state index in [1.54, 1.807) is 24.3 Å². The predicted molar refractivity (Wildman–Crippen MR) is 127 cm³/mol. The number of nitro groups is 1. The summed E-state index contributed by atoms with van der Waals surface area (Å²) in [4.78, 5) is 15.4. The van der Waals surface area contributed by atoms with Gasteiger partial charge in [0.15, 0.2) is 0 Å². The topological polar surface area (TPSA) is 61.0 Å². The summed E-state index contributed by atoms with van der Waals surface area (Å²) < 4.78 is 3.06. The van der Waals surface area contributed by atoms with E-state index in [0.717, 1.165) is 32.7 Å². The first-order valence-electron chi connectivity index (χ1n) is 9.38. The average Bonchev–Trinajstić information content (AvgIpc) is 3.12. The number of benzene rings is 3. The van der Waals surface area contributed by atoms with Crippen molar-refractivity contribution in [3.63, 3.8) is 0 Å². The Hall–Kier alpha value is -2.67. The van der Waals surface area contributed by atoms with Crippen molar-refractivity contribution in [3.05, 3.63) is 115 Å². The molecule has 0 unspecified atom stereocenters. The summed E-state index contributed by atoms with van der Waals surface area (Å²) in [5, 5.41) is 12.0. The molecule has 0 fully saturated rings. The highest BCUT2D eigenvalue weighted by atomic mass is 79.9. The molecule has 156 valence electrons. The zero-order valence-electron chi connectivity index (χ0n) is 16.1. The molecule has 1 heterocycles. The first-order valence-corrected chi connectivity index (χ1v) is 10.9. The SMILES string of the molecule is O=[N+]([O-])c1ccc(Cn2cc(-c3ccc(Cl)cc3Cl)nc2Cc2ccc(Br)cc2)cc1. The maximum atomic E-state index is 10.9. The third-order valence-corrected chi connectivity index (χ3v) is 5.92. The average molecular weight is 517 g/mol. The minimum absolute atomic E-state index is 0.0677. The van der Waals surface area contributed by atoms with Crippen LogP contribution in [0.15, 0.2) is 77.4 Å². The van der Waals surface area contributed by atoms with E-state index < -0.39 is 4.92 Å². The van der Waals surface area contributed by atoms with Crippen LogP contribution >= 0.6 is 39.1 Å². The lowest BCUT2D eigenvalue weighted by atomic mass is 10.1. The van der Waals surface area contributed by atoms with Gasteiger partial charge in [0.2, 0.25) is 0 Å². The van der Waals surface area contributed by atoms with Crippen LogP contribution < -0.4 is 0 Å². The molecule has 3 aromatic carbocycles. The molecule has 0 N–H and O–H groups in total. The minimum Gasteiger partial charge on any atom is -0.330 e. The van der Waals surface area contributed by atoms with Gasteiger partial charge in [0.25, 0.3) is 5.69 Å². The number of halogens is 3. The van der Waals surface area contributed by atoms with Crippen LogP contribution in [0, 0.1) is 10.1 Å². The third kappa shape index (κ3) is 5.15. The molecule has 0 saturated carbocycles. The molecule has 1 aromatic heterocycles. The maximum absolute atomic E-state index is 10.9. The summed E-state index contributed by atoms with van der Waals surface area (Å²) in [5.74, 6) is 0.863. The summed E-state index contributed by atoms with van der Waals surface area (Å²) in [6, 6.07) is 20.0. The van der Waals surface area contributed by atoms with Gasteiger partial charge in [0, 0.05) is 46.4 Å². The highest BCUT2D eigenvalue weighted by Crippen LogP contribution is 2.30. The standard InChI is InChI=1S/C23H16BrCl2N3O2/c24-17-5-1-15(2-6-17)11-23-27-22(20-10-7-18(25)12-21(20)26)14-28(23)13-16-3-8-19(9-4-16)29(30)31/h1-10,12,14H,11,13H2. The van der Waals surface area contributed by atoms with E-state index in [1.165, 1.54) is 12.1 Å². The molecule has 5 nitrogen and oxygen atoms in total. The molecule has 0 aliphatic rings. The molecule has 8 heteroatoms. The quantitative estimate of drug-likeness (QED) is 0.201. The summed E-state index contributed by atoms with van der Waals surface area (Å²) in [5.41, 5.74) is 3.67. The van der Waals surface area contributed by atoms with E-state index in [2.05, 4.69) is 15.9 Å². The smallest absolute Gasteiger partial charge is 0.269 e. The fourth-order valence-electron chi connectivity index (χ4n) is 3.26. The number of nitro benzene ring substituents is 1. The molecule has 4 aromatic rings. The van der Waals surface area contributed by atoms with Gasteiger partial charge in [0.1, 0.15) is 5.82 Å². The number of nitrogens with zero attached hydrogens (tertiary/aromatic N) is 3. The Morgan fingerprint density at radius 1 is 0.968 bits per heavy atom. The fraction of sp³-hybridized carbons (Fsp3) is 0.0870. The van der Waals surface area contributed by atoms with E-state index >= 15 is 0 Å². The van der Waals surface area contributed by atoms with Crippen molar-refractivity contribution in [1.29, 1.82) is 0 Å². The molecular weight excluding hydrogens is 501 g/mol. The van der Waals surface area contributed by atoms with Crippen LogP contribution in [0.2, 0.25) is 10.0 Å². The van der Waals surface area contributed by atoms with Gasteiger partial charge in [-0.05, 0) is 41.5 Å². The fourth-order valence-corrected chi connectivity index (χ4v) is 4.03. The number of hydrogen-bond acceptors (Lipinski definition) is 3. The van der Waals surface area contributed by atoms with Gasteiger partial charge in [-0.3, -0.25) is 10.1 Å². The summed E-state index contributed by atoms with van der Waals surface area (Å²) in [6.07, 6.45) is 2.58. The van der Waals surface area contributed by atoms with Crippen LogP contribution in [-0.4, -0.2) is 14.5 Å². The number of rotatable bonds is 6. The molecule has 4 rings (SSSR count). The molecule has 0 amide bonds. The van der Waals surface area contributed by atoms with Crippen LogP contribution in [0.1, 0.15) is 17.0 Å². The Morgan fingerprint density at radius 2 is 1.65 bits per heavy atom. The summed E-state index contributed by atoms with van der Waals surface area (Å²) >= 11 is 15.9. The van der Waals surface area contributed by atoms with Gasteiger partial charge in [-0.1, -0.05) is 63.4 Å². The summed E-state index contributed by atoms with van der Waals surface area (Å²) in [7, 11) is 0. The molecule has 0 spiro atoms. The van der Waals surface area contributed by atoms with E-state index in [9.17, 15) is 10.1 Å². The number of aromatic nitrogens is 2. The first kappa shape index (κ1) is 21.6. The van der Waals surface area contributed by atoms with E-state index in [1.807, 2.05) is 41.1 Å². The van der Waals surface area contributed by atoms with Crippen molar-refractivity contribution in [1.82, 2.24) is 9.55 Å². The lowest BCUT2D eigenvalue weighted by Crippen LogP contribution is -2.05. The number of hydrogen-bond donors (Lipinski definition) is 0. The normalized spacial score (nSPS) is 10.9. The first-order chi connectivity index (χ1) is 14.9. The van der Waals surface area contributed by atoms with E-state index in [-0.39, 0.29) is 5.69 Å². The van der Waals surface area contributed by atoms with Crippen molar-refractivity contribution in [2.75, 3.05) is 0 Å². The van der Waals surface area contributed by atoms with Crippen LogP contribution in [0.3, 0.4) is 0 Å². The number of non-ortho nitro benzene ring substituents is 1. The van der Waals surface area contributed by atoms with Crippen molar-refractivity contribution < 1.29 is 4.92 Å². The minimum atomic E-state index is -0.402. The second-order valence-electron chi connectivity index (χ2n) is 7.02. The van der Waals surface area contributed by atoms with Gasteiger partial charge in [-0.15, -0.1) is 0 Å².